The highest BCUT2D eigenvalue weighted by molar-refractivity contribution is 5.99. The largest absolute Gasteiger partial charge is 0.483 e. The summed E-state index contributed by atoms with van der Waals surface area (Å²) in [5, 5.41) is 0. The molecular weight excluding hydrogens is 301 g/mol. The Hall–Kier alpha value is -2.44. The molecule has 1 saturated heterocycles. The highest BCUT2D eigenvalue weighted by Crippen LogP contribution is 2.34. The number of anilines is 1. The number of aromatic nitrogens is 2. The first-order chi connectivity index (χ1) is 11.1. The molecule has 2 aliphatic heterocycles. The topological polar surface area (TPSA) is 63.9 Å². The monoisotopic (exact) mass is 317 g/mol. The van der Waals surface area contributed by atoms with Crippen LogP contribution in [0, 0.1) is 5.82 Å². The molecule has 2 aliphatic rings. The van der Waals surface area contributed by atoms with Crippen molar-refractivity contribution in [1.82, 2.24) is 9.38 Å². The fourth-order valence-electron chi connectivity index (χ4n) is 3.39. The Bertz CT molecular complexity index is 877. The summed E-state index contributed by atoms with van der Waals surface area (Å²) >= 11 is 0. The molecule has 0 radical (unpaired) electrons. The van der Waals surface area contributed by atoms with E-state index in [1.165, 1.54) is 6.92 Å². The maximum Gasteiger partial charge on any atom is 0.302 e. The number of ketones is 1. The first-order valence-electron chi connectivity index (χ1n) is 7.72. The van der Waals surface area contributed by atoms with Crippen LogP contribution in [0.5, 0.6) is 5.75 Å². The van der Waals surface area contributed by atoms with Gasteiger partial charge in [0.25, 0.3) is 0 Å². The lowest BCUT2D eigenvalue weighted by molar-refractivity contribution is 0.101. The Labute approximate surface area is 131 Å². The number of hydrogen-bond donors (Lipinski definition) is 0. The molecule has 2 aromatic rings. The molecule has 7 heteroatoms. The summed E-state index contributed by atoms with van der Waals surface area (Å²) in [7, 11) is 0. The van der Waals surface area contributed by atoms with Gasteiger partial charge in [0.05, 0.1) is 17.8 Å². The van der Waals surface area contributed by atoms with Crippen LogP contribution in [0.1, 0.15) is 36.5 Å². The molecule has 23 heavy (non-hydrogen) atoms. The van der Waals surface area contributed by atoms with Crippen molar-refractivity contribution in [3.63, 3.8) is 0 Å². The zero-order valence-electron chi connectivity index (χ0n) is 12.7. The van der Waals surface area contributed by atoms with Gasteiger partial charge in [0, 0.05) is 6.54 Å². The Morgan fingerprint density at radius 1 is 1.43 bits per heavy atom. The number of carbonyl (C=O) groups excluding carboxylic acids is 1. The fourth-order valence-corrected chi connectivity index (χ4v) is 3.39. The second-order valence-electron chi connectivity index (χ2n) is 6.05. The number of piperidine rings is 1. The number of halogens is 1. The standard InChI is InChI=1S/C16H16FN3O3/c1-9(21)12-6-10(17)7-20-14(12)18-15-13(16(20)22)23-8-11-4-2-3-5-19(11)15/h6-7,11H,2-5,8H2,1H3. The Morgan fingerprint density at radius 3 is 3.04 bits per heavy atom. The SMILES string of the molecule is CC(=O)c1cc(F)cn2c(=O)c3c(nc12)N1CCCCC1CO3. The average molecular weight is 317 g/mol. The van der Waals surface area contributed by atoms with Crippen molar-refractivity contribution in [3.05, 3.63) is 34.0 Å². The number of nitrogens with zero attached hydrogens (tertiary/aromatic N) is 3. The lowest BCUT2D eigenvalue weighted by Crippen LogP contribution is -2.48. The van der Waals surface area contributed by atoms with E-state index in [9.17, 15) is 14.0 Å². The zero-order chi connectivity index (χ0) is 16.1. The maximum atomic E-state index is 13.7. The molecule has 0 aliphatic carbocycles. The molecule has 0 saturated carbocycles. The van der Waals surface area contributed by atoms with Gasteiger partial charge in [0.1, 0.15) is 12.4 Å². The van der Waals surface area contributed by atoms with E-state index in [1.54, 1.807) is 0 Å². The van der Waals surface area contributed by atoms with Crippen molar-refractivity contribution in [3.8, 4) is 5.75 Å². The van der Waals surface area contributed by atoms with Crippen molar-refractivity contribution in [2.75, 3.05) is 18.1 Å². The van der Waals surface area contributed by atoms with Crippen molar-refractivity contribution < 1.29 is 13.9 Å². The summed E-state index contributed by atoms with van der Waals surface area (Å²) in [4.78, 5) is 31.1. The maximum absolute atomic E-state index is 13.7. The Kier molecular flexibility index (Phi) is 3.11. The molecule has 4 rings (SSSR count). The molecule has 1 atom stereocenters. The number of pyridine rings is 1. The van der Waals surface area contributed by atoms with Crippen LogP contribution in [-0.2, 0) is 0 Å². The highest BCUT2D eigenvalue weighted by Gasteiger charge is 2.33. The van der Waals surface area contributed by atoms with E-state index in [-0.39, 0.29) is 28.8 Å². The Balaban J connectivity index is 2.02. The van der Waals surface area contributed by atoms with E-state index < -0.39 is 11.4 Å². The van der Waals surface area contributed by atoms with Crippen LogP contribution in [-0.4, -0.2) is 34.4 Å². The quantitative estimate of drug-likeness (QED) is 0.750. The van der Waals surface area contributed by atoms with Crippen molar-refractivity contribution in [2.45, 2.75) is 32.2 Å². The molecule has 0 N–H and O–H groups in total. The molecule has 2 aromatic heterocycles. The second-order valence-corrected chi connectivity index (χ2v) is 6.05. The van der Waals surface area contributed by atoms with Gasteiger partial charge in [-0.15, -0.1) is 0 Å². The molecule has 0 bridgehead atoms. The summed E-state index contributed by atoms with van der Waals surface area (Å²) in [6.45, 7) is 2.58. The van der Waals surface area contributed by atoms with Gasteiger partial charge in [0.15, 0.2) is 17.2 Å². The van der Waals surface area contributed by atoms with Crippen molar-refractivity contribution in [2.24, 2.45) is 0 Å². The van der Waals surface area contributed by atoms with Crippen LogP contribution < -0.4 is 15.2 Å². The summed E-state index contributed by atoms with van der Waals surface area (Å²) in [6, 6.07) is 1.32. The number of ether oxygens (including phenoxy) is 1. The van der Waals surface area contributed by atoms with E-state index in [0.717, 1.165) is 42.5 Å². The molecule has 1 fully saturated rings. The van der Waals surface area contributed by atoms with Gasteiger partial charge in [-0.25, -0.2) is 9.37 Å². The summed E-state index contributed by atoms with van der Waals surface area (Å²) in [5.41, 5.74) is -0.197. The second kappa shape index (κ2) is 5.04. The van der Waals surface area contributed by atoms with Crippen molar-refractivity contribution >= 4 is 17.2 Å². The normalized spacial score (nSPS) is 19.9. The van der Waals surface area contributed by atoms with Crippen LogP contribution in [0.15, 0.2) is 17.1 Å². The lowest BCUT2D eigenvalue weighted by Gasteiger charge is -2.40. The molecule has 0 spiro atoms. The third-order valence-electron chi connectivity index (χ3n) is 4.53. The van der Waals surface area contributed by atoms with Gasteiger partial charge in [-0.2, -0.15) is 0 Å². The lowest BCUT2D eigenvalue weighted by atomic mass is 10.0. The number of rotatable bonds is 1. The third kappa shape index (κ3) is 2.10. The molecule has 0 amide bonds. The minimum Gasteiger partial charge on any atom is -0.483 e. The van der Waals surface area contributed by atoms with E-state index in [1.807, 2.05) is 0 Å². The summed E-state index contributed by atoms with van der Waals surface area (Å²) in [5.74, 6) is -0.375. The van der Waals surface area contributed by atoms with Gasteiger partial charge >= 0.3 is 5.56 Å². The van der Waals surface area contributed by atoms with Gasteiger partial charge in [-0.3, -0.25) is 14.0 Å². The van der Waals surface area contributed by atoms with Crippen molar-refractivity contribution in [1.29, 1.82) is 0 Å². The Morgan fingerprint density at radius 2 is 2.26 bits per heavy atom. The minimum atomic E-state index is -0.654. The van der Waals surface area contributed by atoms with Crippen LogP contribution in [0.4, 0.5) is 10.2 Å². The van der Waals surface area contributed by atoms with Gasteiger partial charge in [-0.05, 0) is 32.3 Å². The highest BCUT2D eigenvalue weighted by atomic mass is 19.1. The number of carbonyl (C=O) groups is 1. The van der Waals surface area contributed by atoms with Gasteiger partial charge in [0.2, 0.25) is 5.75 Å². The average Bonchev–Trinajstić information content (AvgIpc) is 2.55. The first-order valence-corrected chi connectivity index (χ1v) is 7.72. The first kappa shape index (κ1) is 14.2. The molecule has 0 aromatic carbocycles. The summed E-state index contributed by atoms with van der Waals surface area (Å²) in [6.07, 6.45) is 4.18. The van der Waals surface area contributed by atoms with E-state index in [2.05, 4.69) is 9.88 Å². The molecular formula is C16H16FN3O3. The predicted molar refractivity (Wildman–Crippen MR) is 81.9 cm³/mol. The summed E-state index contributed by atoms with van der Waals surface area (Å²) < 4.78 is 20.4. The zero-order valence-corrected chi connectivity index (χ0v) is 12.7. The van der Waals surface area contributed by atoms with E-state index in [4.69, 9.17) is 4.74 Å². The number of Topliss-reactive ketones (excluding diaryl/α,β-unsaturated/α-hetero) is 1. The van der Waals surface area contributed by atoms with Crippen LogP contribution in [0.2, 0.25) is 0 Å². The minimum absolute atomic E-state index is 0.101. The molecule has 1 unspecified atom stereocenters. The van der Waals surface area contributed by atoms with Crippen LogP contribution in [0.25, 0.3) is 5.65 Å². The van der Waals surface area contributed by atoms with E-state index >= 15 is 0 Å². The van der Waals surface area contributed by atoms with Crippen LogP contribution in [0.3, 0.4) is 0 Å². The molecule has 4 heterocycles. The fraction of sp³-hybridized carbons (Fsp3) is 0.438. The smallest absolute Gasteiger partial charge is 0.302 e. The van der Waals surface area contributed by atoms with Crippen LogP contribution >= 0.6 is 0 Å². The number of fused-ring (bicyclic) bond motifs is 4. The molecule has 6 nitrogen and oxygen atoms in total. The number of hydrogen-bond acceptors (Lipinski definition) is 5. The molecule has 120 valence electrons. The predicted octanol–water partition coefficient (Wildman–Crippen LogP) is 1.79. The van der Waals surface area contributed by atoms with Gasteiger partial charge < -0.3 is 9.64 Å². The third-order valence-corrected chi connectivity index (χ3v) is 4.53. The van der Waals surface area contributed by atoms with E-state index in [0.29, 0.717) is 12.4 Å². The van der Waals surface area contributed by atoms with Gasteiger partial charge in [-0.1, -0.05) is 0 Å².